The van der Waals surface area contributed by atoms with Crippen molar-refractivity contribution in [3.05, 3.63) is 30.3 Å². The predicted octanol–water partition coefficient (Wildman–Crippen LogP) is 5.54. The maximum absolute atomic E-state index is 13.0. The van der Waals surface area contributed by atoms with Gasteiger partial charge in [-0.05, 0) is 31.4 Å². The first-order chi connectivity index (χ1) is 14.6. The number of hydrogen-bond acceptors (Lipinski definition) is 6. The van der Waals surface area contributed by atoms with Crippen molar-refractivity contribution in [3.63, 3.8) is 0 Å². The third-order valence-corrected chi connectivity index (χ3v) is 6.94. The second-order valence-electron chi connectivity index (χ2n) is 7.97. The van der Waals surface area contributed by atoms with E-state index in [1.807, 2.05) is 36.5 Å². The fourth-order valence-electron chi connectivity index (χ4n) is 3.88. The third-order valence-electron chi connectivity index (χ3n) is 5.60. The van der Waals surface area contributed by atoms with Gasteiger partial charge in [-0.25, -0.2) is 0 Å². The average molecular weight is 435 g/mol. The molecule has 1 aliphatic rings. The van der Waals surface area contributed by atoms with Gasteiger partial charge >= 0.3 is 5.97 Å². The molecule has 0 bridgehead atoms. The molecule has 0 radical (unpaired) electrons. The van der Waals surface area contributed by atoms with Crippen LogP contribution < -0.4 is 0 Å². The van der Waals surface area contributed by atoms with Crippen LogP contribution in [-0.2, 0) is 14.3 Å². The van der Waals surface area contributed by atoms with Crippen LogP contribution in [0.5, 0.6) is 0 Å². The maximum Gasteiger partial charge on any atom is 0.327 e. The Morgan fingerprint density at radius 1 is 1.20 bits per heavy atom. The molecule has 0 aromatic heterocycles. The van der Waals surface area contributed by atoms with Crippen LogP contribution in [-0.4, -0.2) is 55.4 Å². The summed E-state index contributed by atoms with van der Waals surface area (Å²) in [5.41, 5.74) is 0. The van der Waals surface area contributed by atoms with Crippen LogP contribution in [0.15, 0.2) is 40.3 Å². The Balaban J connectivity index is 2.18. The Bertz CT molecular complexity index is 641. The van der Waals surface area contributed by atoms with Gasteiger partial charge in [0.2, 0.25) is 0 Å². The summed E-state index contributed by atoms with van der Waals surface area (Å²) in [6.45, 7) is 3.78. The van der Waals surface area contributed by atoms with Crippen LogP contribution in [0.25, 0.3) is 0 Å². The number of carbonyl (C=O) groups excluding carboxylic acids is 1. The quantitative estimate of drug-likeness (QED) is 0.167. The molecule has 1 heterocycles. The minimum Gasteiger partial charge on any atom is -0.468 e. The lowest BCUT2D eigenvalue weighted by molar-refractivity contribution is -0.141. The van der Waals surface area contributed by atoms with Gasteiger partial charge in [0.05, 0.1) is 26.0 Å². The van der Waals surface area contributed by atoms with Crippen molar-refractivity contribution in [2.45, 2.75) is 80.4 Å². The number of unbranched alkanes of at least 4 members (excludes halogenated alkanes) is 5. The zero-order chi connectivity index (χ0) is 21.7. The Labute approximate surface area is 186 Å². The molecule has 1 aromatic rings. The SMILES string of the molecule is CCCCCCCC[C@](/C=N/N1CCC[C@H]1COC)(Sc1ccccc1)C(=O)OC. The van der Waals surface area contributed by atoms with Gasteiger partial charge < -0.3 is 9.47 Å². The van der Waals surface area contributed by atoms with Crippen molar-refractivity contribution in [3.8, 4) is 0 Å². The van der Waals surface area contributed by atoms with E-state index >= 15 is 0 Å². The molecular formula is C24H38N2O3S. The highest BCUT2D eigenvalue weighted by Gasteiger charge is 2.40. The van der Waals surface area contributed by atoms with E-state index in [1.165, 1.54) is 32.8 Å². The van der Waals surface area contributed by atoms with E-state index in [0.717, 1.165) is 43.5 Å². The minimum atomic E-state index is -0.818. The highest BCUT2D eigenvalue weighted by molar-refractivity contribution is 8.02. The molecule has 0 amide bonds. The summed E-state index contributed by atoms with van der Waals surface area (Å²) in [4.78, 5) is 14.1. The summed E-state index contributed by atoms with van der Waals surface area (Å²) in [5, 5.41) is 6.87. The number of benzene rings is 1. The fourth-order valence-corrected chi connectivity index (χ4v) is 5.11. The lowest BCUT2D eigenvalue weighted by atomic mass is 10.00. The van der Waals surface area contributed by atoms with E-state index in [1.54, 1.807) is 18.9 Å². The minimum absolute atomic E-state index is 0.226. The van der Waals surface area contributed by atoms with Crippen molar-refractivity contribution in [1.29, 1.82) is 0 Å². The normalized spacial score (nSPS) is 18.6. The predicted molar refractivity (Wildman–Crippen MR) is 125 cm³/mol. The third kappa shape index (κ3) is 7.62. The highest BCUT2D eigenvalue weighted by atomic mass is 32.2. The molecule has 0 spiro atoms. The van der Waals surface area contributed by atoms with Crippen molar-refractivity contribution >= 4 is 23.9 Å². The lowest BCUT2D eigenvalue weighted by Gasteiger charge is -2.28. The van der Waals surface area contributed by atoms with Crippen molar-refractivity contribution in [1.82, 2.24) is 5.01 Å². The van der Waals surface area contributed by atoms with Gasteiger partial charge in [-0.15, -0.1) is 11.8 Å². The van der Waals surface area contributed by atoms with Crippen LogP contribution in [0.4, 0.5) is 0 Å². The van der Waals surface area contributed by atoms with Gasteiger partial charge in [0.1, 0.15) is 0 Å². The molecule has 0 saturated carbocycles. The molecule has 1 saturated heterocycles. The monoisotopic (exact) mass is 434 g/mol. The van der Waals surface area contributed by atoms with Crippen LogP contribution in [0.3, 0.4) is 0 Å². The second-order valence-corrected chi connectivity index (χ2v) is 9.38. The molecule has 5 nitrogen and oxygen atoms in total. The first-order valence-corrected chi connectivity index (χ1v) is 12.1. The first-order valence-electron chi connectivity index (χ1n) is 11.3. The molecule has 0 unspecified atom stereocenters. The Kier molecular flexibility index (Phi) is 11.3. The smallest absolute Gasteiger partial charge is 0.327 e. The summed E-state index contributed by atoms with van der Waals surface area (Å²) in [5.74, 6) is -0.226. The molecule has 168 valence electrons. The summed E-state index contributed by atoms with van der Waals surface area (Å²) < 4.78 is 9.81. The second kappa shape index (κ2) is 13.7. The maximum atomic E-state index is 13.0. The van der Waals surface area contributed by atoms with Gasteiger partial charge in [0.25, 0.3) is 0 Å². The number of nitrogens with zero attached hydrogens (tertiary/aromatic N) is 2. The van der Waals surface area contributed by atoms with E-state index in [4.69, 9.17) is 14.6 Å². The van der Waals surface area contributed by atoms with Crippen LogP contribution in [0.2, 0.25) is 0 Å². The number of hydrogen-bond donors (Lipinski definition) is 0. The Morgan fingerprint density at radius 3 is 2.63 bits per heavy atom. The number of ether oxygens (including phenoxy) is 2. The van der Waals surface area contributed by atoms with E-state index in [9.17, 15) is 4.79 Å². The largest absolute Gasteiger partial charge is 0.468 e. The van der Waals surface area contributed by atoms with Crippen LogP contribution in [0, 0.1) is 0 Å². The number of carbonyl (C=O) groups is 1. The lowest BCUT2D eigenvalue weighted by Crippen LogP contribution is -2.40. The molecule has 1 aromatic carbocycles. The molecule has 6 heteroatoms. The topological polar surface area (TPSA) is 51.1 Å². The summed E-state index contributed by atoms with van der Waals surface area (Å²) >= 11 is 1.55. The fraction of sp³-hybridized carbons (Fsp3) is 0.667. The summed E-state index contributed by atoms with van der Waals surface area (Å²) in [7, 11) is 3.20. The van der Waals surface area contributed by atoms with Gasteiger partial charge in [0, 0.05) is 18.6 Å². The zero-order valence-electron chi connectivity index (χ0n) is 18.8. The van der Waals surface area contributed by atoms with Gasteiger partial charge in [-0.1, -0.05) is 63.6 Å². The van der Waals surface area contributed by atoms with E-state index in [-0.39, 0.29) is 12.0 Å². The van der Waals surface area contributed by atoms with Gasteiger partial charge in [-0.2, -0.15) is 5.10 Å². The Morgan fingerprint density at radius 2 is 1.93 bits per heavy atom. The summed E-state index contributed by atoms with van der Waals surface area (Å²) in [6.07, 6.45) is 11.8. The molecule has 2 rings (SSSR count). The van der Waals surface area contributed by atoms with Crippen LogP contribution in [0.1, 0.15) is 64.7 Å². The van der Waals surface area contributed by atoms with Gasteiger partial charge in [-0.3, -0.25) is 9.80 Å². The number of esters is 1. The standard InChI is InChI=1S/C24H38N2O3S/c1-4-5-6-7-8-12-17-24(23(27)29-3,30-22-15-10-9-11-16-22)20-25-26-18-13-14-21(26)19-28-2/h9-11,15-16,20-21H,4-8,12-14,17-19H2,1-3H3/b25-20+/t21-,24+/m0/s1. The molecular weight excluding hydrogens is 396 g/mol. The number of rotatable bonds is 14. The van der Waals surface area contributed by atoms with Crippen molar-refractivity contribution in [2.24, 2.45) is 5.10 Å². The highest BCUT2D eigenvalue weighted by Crippen LogP contribution is 2.37. The molecule has 30 heavy (non-hydrogen) atoms. The number of hydrazone groups is 1. The van der Waals surface area contributed by atoms with E-state index < -0.39 is 4.75 Å². The molecule has 1 aliphatic heterocycles. The first kappa shape index (κ1) is 24.7. The molecule has 0 N–H and O–H groups in total. The molecule has 0 aliphatic carbocycles. The van der Waals surface area contributed by atoms with E-state index in [0.29, 0.717) is 6.61 Å². The summed E-state index contributed by atoms with van der Waals surface area (Å²) in [6, 6.07) is 10.4. The number of thioether (sulfide) groups is 1. The average Bonchev–Trinajstić information content (AvgIpc) is 3.22. The molecule has 1 fully saturated rings. The van der Waals surface area contributed by atoms with E-state index in [2.05, 4.69) is 11.9 Å². The molecule has 2 atom stereocenters. The zero-order valence-corrected chi connectivity index (χ0v) is 19.7. The van der Waals surface area contributed by atoms with Crippen molar-refractivity contribution < 1.29 is 14.3 Å². The van der Waals surface area contributed by atoms with Gasteiger partial charge in [0.15, 0.2) is 4.75 Å². The van der Waals surface area contributed by atoms with Crippen LogP contribution >= 0.6 is 11.8 Å². The van der Waals surface area contributed by atoms with Crippen molar-refractivity contribution in [2.75, 3.05) is 27.4 Å². The Hall–Kier alpha value is -1.53. The number of methoxy groups -OCH3 is 2.